The molecule has 170 valence electrons. The lowest BCUT2D eigenvalue weighted by molar-refractivity contribution is 0.116. The molecule has 2 atom stereocenters. The maximum atomic E-state index is 10.2. The summed E-state index contributed by atoms with van der Waals surface area (Å²) in [5.74, 6) is 1.37. The summed E-state index contributed by atoms with van der Waals surface area (Å²) >= 11 is 1.62. The van der Waals surface area contributed by atoms with E-state index in [0.717, 1.165) is 57.9 Å². The van der Waals surface area contributed by atoms with Gasteiger partial charge in [-0.05, 0) is 36.6 Å². The molecule has 4 aromatic rings. The van der Waals surface area contributed by atoms with Crippen molar-refractivity contribution in [2.24, 2.45) is 0 Å². The maximum Gasteiger partial charge on any atom is 0.184 e. The minimum Gasteiger partial charge on any atom is -0.495 e. The minimum atomic E-state index is -0.296. The third-order valence-electron chi connectivity index (χ3n) is 5.84. The predicted octanol–water partition coefficient (Wildman–Crippen LogP) is 4.48. The Labute approximate surface area is 196 Å². The molecule has 9 heteroatoms. The van der Waals surface area contributed by atoms with Crippen LogP contribution in [0.15, 0.2) is 49.1 Å². The second-order valence-corrected chi connectivity index (χ2v) is 9.21. The predicted molar refractivity (Wildman–Crippen MR) is 131 cm³/mol. The summed E-state index contributed by atoms with van der Waals surface area (Å²) in [6, 6.07) is 8.22. The van der Waals surface area contributed by atoms with E-state index in [1.807, 2.05) is 12.1 Å². The fourth-order valence-corrected chi connectivity index (χ4v) is 5.02. The average Bonchev–Trinajstić information content (AvgIpc) is 3.26. The molecule has 1 fully saturated rings. The lowest BCUT2D eigenvalue weighted by Crippen LogP contribution is -2.36. The molecule has 0 amide bonds. The summed E-state index contributed by atoms with van der Waals surface area (Å²) in [7, 11) is 1.61. The topological polar surface area (TPSA) is 105 Å². The summed E-state index contributed by atoms with van der Waals surface area (Å²) in [6.45, 7) is 0.617. The molecule has 3 heterocycles. The Morgan fingerprint density at radius 2 is 1.94 bits per heavy atom. The van der Waals surface area contributed by atoms with E-state index in [9.17, 15) is 5.11 Å². The highest BCUT2D eigenvalue weighted by atomic mass is 32.1. The fourth-order valence-electron chi connectivity index (χ4n) is 4.03. The molecule has 3 aromatic heterocycles. The molecule has 3 N–H and O–H groups in total. The second kappa shape index (κ2) is 9.68. The standard InChI is InChI=1S/C24H26N6O2S/c1-32-17-9-16(11-25-12-17)20-13-26-14-23(28-20)27-10-15-6-7-19-22(8-15)33-24(30-19)29-18-4-2-3-5-21(18)31/h6-9,11-14,18,21,31H,2-5,10H2,1H3,(H,27,28)(H,29,30)/t18?,21-/m1/s1. The number of aliphatic hydroxyl groups excluding tert-OH is 1. The summed E-state index contributed by atoms with van der Waals surface area (Å²) in [5.41, 5.74) is 3.67. The number of nitrogens with zero attached hydrogens (tertiary/aromatic N) is 4. The number of methoxy groups -OCH3 is 1. The SMILES string of the molecule is COc1cncc(-c2cncc(NCc3ccc4nc(NC5CCCC[C@H]5O)sc4c3)n2)c1. The number of thiazole rings is 1. The number of benzene rings is 1. The molecule has 0 spiro atoms. The first kappa shape index (κ1) is 21.5. The summed E-state index contributed by atoms with van der Waals surface area (Å²) in [6.07, 6.45) is 10.6. The van der Waals surface area contributed by atoms with Gasteiger partial charge in [0.2, 0.25) is 0 Å². The molecule has 1 aliphatic rings. The highest BCUT2D eigenvalue weighted by Crippen LogP contribution is 2.30. The zero-order chi connectivity index (χ0) is 22.6. The van der Waals surface area contributed by atoms with Crippen molar-refractivity contribution >= 4 is 32.5 Å². The van der Waals surface area contributed by atoms with Crippen molar-refractivity contribution in [2.75, 3.05) is 17.7 Å². The minimum absolute atomic E-state index is 0.0890. The van der Waals surface area contributed by atoms with Gasteiger partial charge in [0.1, 0.15) is 11.6 Å². The fraction of sp³-hybridized carbons (Fsp3) is 0.333. The molecule has 0 radical (unpaired) electrons. The van der Waals surface area contributed by atoms with Gasteiger partial charge in [-0.2, -0.15) is 0 Å². The number of hydrogen-bond acceptors (Lipinski definition) is 9. The van der Waals surface area contributed by atoms with E-state index in [1.54, 1.807) is 43.2 Å². The highest BCUT2D eigenvalue weighted by molar-refractivity contribution is 7.22. The van der Waals surface area contributed by atoms with Crippen LogP contribution in [0.3, 0.4) is 0 Å². The van der Waals surface area contributed by atoms with Gasteiger partial charge in [-0.15, -0.1) is 0 Å². The van der Waals surface area contributed by atoms with E-state index in [1.165, 1.54) is 0 Å². The molecule has 0 bridgehead atoms. The smallest absolute Gasteiger partial charge is 0.184 e. The van der Waals surface area contributed by atoms with Crippen LogP contribution in [0.4, 0.5) is 10.9 Å². The molecule has 0 saturated heterocycles. The van der Waals surface area contributed by atoms with Crippen molar-refractivity contribution in [3.63, 3.8) is 0 Å². The normalized spacial score (nSPS) is 18.2. The van der Waals surface area contributed by atoms with Crippen molar-refractivity contribution in [1.82, 2.24) is 19.9 Å². The lowest BCUT2D eigenvalue weighted by Gasteiger charge is -2.27. The van der Waals surface area contributed by atoms with Crippen LogP contribution in [0.25, 0.3) is 21.5 Å². The number of ether oxygens (including phenoxy) is 1. The molecule has 5 rings (SSSR count). The van der Waals surface area contributed by atoms with Gasteiger partial charge < -0.3 is 20.5 Å². The number of pyridine rings is 1. The van der Waals surface area contributed by atoms with E-state index in [-0.39, 0.29) is 12.1 Å². The first-order valence-electron chi connectivity index (χ1n) is 11.1. The van der Waals surface area contributed by atoms with Crippen molar-refractivity contribution in [2.45, 2.75) is 44.4 Å². The largest absolute Gasteiger partial charge is 0.495 e. The van der Waals surface area contributed by atoms with Crippen molar-refractivity contribution < 1.29 is 9.84 Å². The third-order valence-corrected chi connectivity index (χ3v) is 6.79. The Balaban J connectivity index is 1.27. The van der Waals surface area contributed by atoms with E-state index in [2.05, 4.69) is 37.7 Å². The quantitative estimate of drug-likeness (QED) is 0.369. The number of aliphatic hydroxyl groups is 1. The maximum absolute atomic E-state index is 10.2. The molecule has 33 heavy (non-hydrogen) atoms. The molecule has 1 aliphatic carbocycles. The number of nitrogens with one attached hydrogen (secondary N) is 2. The van der Waals surface area contributed by atoms with Crippen LogP contribution in [-0.4, -0.2) is 44.3 Å². The highest BCUT2D eigenvalue weighted by Gasteiger charge is 2.23. The van der Waals surface area contributed by atoms with Crippen molar-refractivity contribution in [3.05, 3.63) is 54.6 Å². The number of anilines is 2. The second-order valence-electron chi connectivity index (χ2n) is 8.18. The van der Waals surface area contributed by atoms with E-state index >= 15 is 0 Å². The van der Waals surface area contributed by atoms with Crippen LogP contribution in [0.1, 0.15) is 31.2 Å². The zero-order valence-corrected chi connectivity index (χ0v) is 19.2. The molecular weight excluding hydrogens is 436 g/mol. The first-order valence-corrected chi connectivity index (χ1v) is 11.9. The van der Waals surface area contributed by atoms with Gasteiger partial charge in [0, 0.05) is 18.3 Å². The van der Waals surface area contributed by atoms with Crippen LogP contribution in [0.5, 0.6) is 5.75 Å². The van der Waals surface area contributed by atoms with Crippen LogP contribution in [-0.2, 0) is 6.54 Å². The summed E-state index contributed by atoms with van der Waals surface area (Å²) < 4.78 is 6.36. The Bertz CT molecular complexity index is 1250. The molecule has 0 aliphatic heterocycles. The molecule has 1 unspecified atom stereocenters. The monoisotopic (exact) mass is 462 g/mol. The van der Waals surface area contributed by atoms with Crippen LogP contribution in [0, 0.1) is 0 Å². The molecule has 1 saturated carbocycles. The molecular formula is C24H26N6O2S. The first-order chi connectivity index (χ1) is 16.2. The lowest BCUT2D eigenvalue weighted by atomic mass is 9.93. The Kier molecular flexibility index (Phi) is 6.32. The van der Waals surface area contributed by atoms with Crippen molar-refractivity contribution in [3.8, 4) is 17.0 Å². The van der Waals surface area contributed by atoms with Gasteiger partial charge >= 0.3 is 0 Å². The van der Waals surface area contributed by atoms with Crippen LogP contribution in [0.2, 0.25) is 0 Å². The van der Waals surface area contributed by atoms with Gasteiger partial charge in [-0.1, -0.05) is 30.2 Å². The van der Waals surface area contributed by atoms with Gasteiger partial charge in [0.25, 0.3) is 0 Å². The van der Waals surface area contributed by atoms with E-state index in [4.69, 9.17) is 9.72 Å². The van der Waals surface area contributed by atoms with Gasteiger partial charge in [0.15, 0.2) is 5.13 Å². The Morgan fingerprint density at radius 3 is 2.82 bits per heavy atom. The van der Waals surface area contributed by atoms with E-state index in [0.29, 0.717) is 18.1 Å². The zero-order valence-electron chi connectivity index (χ0n) is 18.4. The molecule has 8 nitrogen and oxygen atoms in total. The summed E-state index contributed by atoms with van der Waals surface area (Å²) in [4.78, 5) is 17.9. The van der Waals surface area contributed by atoms with Gasteiger partial charge in [-0.3, -0.25) is 9.97 Å². The number of hydrogen-bond donors (Lipinski definition) is 3. The van der Waals surface area contributed by atoms with Crippen molar-refractivity contribution in [1.29, 1.82) is 0 Å². The van der Waals surface area contributed by atoms with Crippen LogP contribution >= 0.6 is 11.3 Å². The van der Waals surface area contributed by atoms with E-state index < -0.39 is 0 Å². The summed E-state index contributed by atoms with van der Waals surface area (Å²) in [5, 5.41) is 17.9. The Morgan fingerprint density at radius 1 is 1.06 bits per heavy atom. The third kappa shape index (κ3) is 5.04. The average molecular weight is 463 g/mol. The Hall–Kier alpha value is -3.30. The number of rotatable bonds is 7. The van der Waals surface area contributed by atoms with Crippen LogP contribution < -0.4 is 15.4 Å². The van der Waals surface area contributed by atoms with Gasteiger partial charge in [-0.25, -0.2) is 9.97 Å². The number of fused-ring (bicyclic) bond motifs is 1. The number of aromatic nitrogens is 4. The molecule has 1 aromatic carbocycles. The van der Waals surface area contributed by atoms with Gasteiger partial charge in [0.05, 0.1) is 53.8 Å².